The van der Waals surface area contributed by atoms with Crippen LogP contribution >= 0.6 is 0 Å². The van der Waals surface area contributed by atoms with Crippen molar-refractivity contribution in [3.63, 3.8) is 0 Å². The molecule has 6 nitrogen and oxygen atoms in total. The van der Waals surface area contributed by atoms with E-state index in [2.05, 4.69) is 4.98 Å². The second kappa shape index (κ2) is 4.50. The largest absolute Gasteiger partial charge is 0.477 e. The summed E-state index contributed by atoms with van der Waals surface area (Å²) >= 11 is 0. The highest BCUT2D eigenvalue weighted by Gasteiger charge is 2.15. The van der Waals surface area contributed by atoms with Crippen LogP contribution in [0, 0.1) is 10.1 Å². The maximum absolute atomic E-state index is 11.2. The summed E-state index contributed by atoms with van der Waals surface area (Å²) in [6.07, 6.45) is 1.07. The summed E-state index contributed by atoms with van der Waals surface area (Å²) in [6, 6.07) is 1.17. The molecule has 0 saturated heterocycles. The summed E-state index contributed by atoms with van der Waals surface area (Å²) in [7, 11) is 0. The Hall–Kier alpha value is -1.98. The van der Waals surface area contributed by atoms with Crippen molar-refractivity contribution in [3.05, 3.63) is 27.9 Å². The summed E-state index contributed by atoms with van der Waals surface area (Å²) in [5, 5.41) is 10.5. The maximum atomic E-state index is 11.2. The van der Waals surface area contributed by atoms with Crippen LogP contribution in [0.2, 0.25) is 0 Å². The fourth-order valence-corrected chi connectivity index (χ4v) is 1.04. The molecule has 0 atom stereocenters. The average molecular weight is 210 g/mol. The first-order chi connectivity index (χ1) is 7.06. The highest BCUT2D eigenvalue weighted by molar-refractivity contribution is 5.96. The normalized spacial score (nSPS) is 9.73. The Morgan fingerprint density at radius 1 is 1.67 bits per heavy atom. The van der Waals surface area contributed by atoms with Gasteiger partial charge >= 0.3 is 0 Å². The van der Waals surface area contributed by atoms with E-state index in [9.17, 15) is 14.9 Å². The lowest BCUT2D eigenvalue weighted by atomic mass is 10.2. The number of carbonyl (C=O) groups is 1. The Balaban J connectivity index is 3.20. The summed E-state index contributed by atoms with van der Waals surface area (Å²) in [6.45, 7) is 3.40. The van der Waals surface area contributed by atoms with Gasteiger partial charge in [0.2, 0.25) is 5.88 Å². The van der Waals surface area contributed by atoms with Gasteiger partial charge < -0.3 is 4.74 Å². The number of hydrogen-bond donors (Lipinski definition) is 0. The number of ether oxygens (including phenoxy) is 1. The quantitative estimate of drug-likeness (QED) is 0.428. The van der Waals surface area contributed by atoms with Crippen LogP contribution in [0.1, 0.15) is 24.2 Å². The van der Waals surface area contributed by atoms with Crippen LogP contribution in [0.5, 0.6) is 5.88 Å². The fraction of sp³-hybridized carbons (Fsp3) is 0.333. The number of pyridine rings is 1. The molecule has 0 aromatic carbocycles. The Labute approximate surface area is 86.0 Å². The van der Waals surface area contributed by atoms with E-state index in [4.69, 9.17) is 4.74 Å². The molecule has 15 heavy (non-hydrogen) atoms. The second-order valence-corrected chi connectivity index (χ2v) is 2.79. The number of Topliss-reactive ketones (excluding diaryl/α,β-unsaturated/α-hetero) is 1. The summed E-state index contributed by atoms with van der Waals surface area (Å²) in [5.74, 6) is -0.176. The molecular weight excluding hydrogens is 200 g/mol. The van der Waals surface area contributed by atoms with E-state index in [1.165, 1.54) is 13.0 Å². The number of ketones is 1. The van der Waals surface area contributed by atoms with Crippen LogP contribution in [0.3, 0.4) is 0 Å². The van der Waals surface area contributed by atoms with E-state index >= 15 is 0 Å². The topological polar surface area (TPSA) is 82.3 Å². The van der Waals surface area contributed by atoms with Gasteiger partial charge in [0, 0.05) is 6.07 Å². The van der Waals surface area contributed by atoms with Crippen molar-refractivity contribution < 1.29 is 14.5 Å². The van der Waals surface area contributed by atoms with Gasteiger partial charge in [0.1, 0.15) is 6.20 Å². The predicted molar refractivity (Wildman–Crippen MR) is 52.1 cm³/mol. The Morgan fingerprint density at radius 3 is 2.80 bits per heavy atom. The highest BCUT2D eigenvalue weighted by Crippen LogP contribution is 2.21. The minimum absolute atomic E-state index is 0.131. The first-order valence-corrected chi connectivity index (χ1v) is 4.34. The molecule has 1 aromatic rings. The molecular formula is C9H10N2O4. The standard InChI is InChI=1S/C9H10N2O4/c1-3-15-9-8(6(2)12)4-7(5-10-9)11(13)14/h4-5H,3H2,1-2H3. The van der Waals surface area contributed by atoms with E-state index in [0.717, 1.165) is 6.20 Å². The van der Waals surface area contributed by atoms with E-state index in [1.807, 2.05) is 0 Å². The van der Waals surface area contributed by atoms with E-state index in [0.29, 0.717) is 6.61 Å². The van der Waals surface area contributed by atoms with E-state index < -0.39 is 4.92 Å². The molecule has 6 heteroatoms. The third-order valence-electron chi connectivity index (χ3n) is 1.71. The van der Waals surface area contributed by atoms with Gasteiger partial charge in [0.25, 0.3) is 5.69 Å². The zero-order valence-electron chi connectivity index (χ0n) is 8.39. The first-order valence-electron chi connectivity index (χ1n) is 4.34. The molecule has 0 spiro atoms. The van der Waals surface area contributed by atoms with Crippen molar-refractivity contribution in [3.8, 4) is 5.88 Å². The van der Waals surface area contributed by atoms with Gasteiger partial charge in [-0.25, -0.2) is 4.98 Å². The predicted octanol–water partition coefficient (Wildman–Crippen LogP) is 1.59. The summed E-state index contributed by atoms with van der Waals surface area (Å²) in [4.78, 5) is 24.8. The minimum Gasteiger partial charge on any atom is -0.477 e. The van der Waals surface area contributed by atoms with Crippen molar-refractivity contribution in [2.45, 2.75) is 13.8 Å². The van der Waals surface area contributed by atoms with E-state index in [-0.39, 0.29) is 22.9 Å². The number of nitro groups is 1. The molecule has 0 fully saturated rings. The first kappa shape index (κ1) is 11.1. The molecule has 1 heterocycles. The Kier molecular flexibility index (Phi) is 3.33. The summed E-state index contributed by atoms with van der Waals surface area (Å²) in [5.41, 5.74) is -0.0882. The Morgan fingerprint density at radius 2 is 2.33 bits per heavy atom. The van der Waals surface area contributed by atoms with Crippen LogP contribution < -0.4 is 4.74 Å². The highest BCUT2D eigenvalue weighted by atomic mass is 16.6. The minimum atomic E-state index is -0.602. The molecule has 0 aliphatic carbocycles. The number of hydrogen-bond acceptors (Lipinski definition) is 5. The van der Waals surface area contributed by atoms with Gasteiger partial charge in [-0.15, -0.1) is 0 Å². The van der Waals surface area contributed by atoms with Gasteiger partial charge in [-0.1, -0.05) is 0 Å². The van der Waals surface area contributed by atoms with Gasteiger partial charge in [-0.2, -0.15) is 0 Å². The molecule has 0 amide bonds. The second-order valence-electron chi connectivity index (χ2n) is 2.79. The third-order valence-corrected chi connectivity index (χ3v) is 1.71. The van der Waals surface area contributed by atoms with Crippen molar-refractivity contribution in [2.75, 3.05) is 6.61 Å². The van der Waals surface area contributed by atoms with Gasteiger partial charge in [-0.05, 0) is 13.8 Å². The Bertz CT molecular complexity index is 403. The monoisotopic (exact) mass is 210 g/mol. The van der Waals surface area contributed by atoms with Gasteiger partial charge in [0.15, 0.2) is 5.78 Å². The average Bonchev–Trinajstić information content (AvgIpc) is 2.18. The number of nitrogens with zero attached hydrogens (tertiary/aromatic N) is 2. The molecule has 0 bridgehead atoms. The fourth-order valence-electron chi connectivity index (χ4n) is 1.04. The zero-order valence-corrected chi connectivity index (χ0v) is 8.39. The maximum Gasteiger partial charge on any atom is 0.288 e. The lowest BCUT2D eigenvalue weighted by Crippen LogP contribution is -2.04. The van der Waals surface area contributed by atoms with Crippen molar-refractivity contribution in [2.24, 2.45) is 0 Å². The lowest BCUT2D eigenvalue weighted by molar-refractivity contribution is -0.385. The van der Waals surface area contributed by atoms with Crippen molar-refractivity contribution in [1.29, 1.82) is 0 Å². The van der Waals surface area contributed by atoms with Crippen molar-refractivity contribution in [1.82, 2.24) is 4.98 Å². The molecule has 0 aliphatic rings. The smallest absolute Gasteiger partial charge is 0.288 e. The van der Waals surface area contributed by atoms with Crippen LogP contribution in [-0.2, 0) is 0 Å². The zero-order chi connectivity index (χ0) is 11.4. The van der Waals surface area contributed by atoms with Crippen LogP contribution in [0.15, 0.2) is 12.3 Å². The van der Waals surface area contributed by atoms with Crippen molar-refractivity contribution >= 4 is 11.5 Å². The molecule has 0 saturated carbocycles. The third kappa shape index (κ3) is 2.49. The molecule has 1 rings (SSSR count). The van der Waals surface area contributed by atoms with Gasteiger partial charge in [-0.3, -0.25) is 14.9 Å². The molecule has 0 N–H and O–H groups in total. The number of aromatic nitrogens is 1. The molecule has 0 aliphatic heterocycles. The molecule has 0 unspecified atom stereocenters. The van der Waals surface area contributed by atoms with Crippen LogP contribution in [-0.4, -0.2) is 22.3 Å². The molecule has 80 valence electrons. The molecule has 0 radical (unpaired) electrons. The number of carbonyl (C=O) groups excluding carboxylic acids is 1. The van der Waals surface area contributed by atoms with E-state index in [1.54, 1.807) is 6.92 Å². The van der Waals surface area contributed by atoms with Crippen LogP contribution in [0.25, 0.3) is 0 Å². The number of rotatable bonds is 4. The van der Waals surface area contributed by atoms with Gasteiger partial charge in [0.05, 0.1) is 17.1 Å². The van der Waals surface area contributed by atoms with Crippen LogP contribution in [0.4, 0.5) is 5.69 Å². The summed E-state index contributed by atoms with van der Waals surface area (Å²) < 4.78 is 5.08. The SMILES string of the molecule is CCOc1ncc([N+](=O)[O-])cc1C(C)=O. The lowest BCUT2D eigenvalue weighted by Gasteiger charge is -2.05. The molecule has 1 aromatic heterocycles.